The maximum absolute atomic E-state index is 12.4. The predicted molar refractivity (Wildman–Crippen MR) is 66.2 cm³/mol. The predicted octanol–water partition coefficient (Wildman–Crippen LogP) is 2.00. The van der Waals surface area contributed by atoms with E-state index in [0.29, 0.717) is 22.3 Å². The summed E-state index contributed by atoms with van der Waals surface area (Å²) >= 11 is 0. The average molecular weight is 240 g/mol. The van der Waals surface area contributed by atoms with Crippen LogP contribution in [0.4, 0.5) is 0 Å². The Morgan fingerprint density at radius 1 is 0.722 bits per heavy atom. The molecule has 0 heterocycles. The molecule has 2 aromatic rings. The van der Waals surface area contributed by atoms with Crippen LogP contribution < -0.4 is 0 Å². The quantitative estimate of drug-likeness (QED) is 0.740. The number of aliphatic hydroxyl groups excluding tert-OH is 2. The van der Waals surface area contributed by atoms with Crippen LogP contribution in [0.25, 0.3) is 0 Å². The van der Waals surface area contributed by atoms with E-state index in [1.807, 2.05) is 0 Å². The van der Waals surface area contributed by atoms with Gasteiger partial charge in [-0.25, -0.2) is 0 Å². The molecule has 0 radical (unpaired) electrons. The van der Waals surface area contributed by atoms with Gasteiger partial charge in [0, 0.05) is 11.1 Å². The van der Waals surface area contributed by atoms with E-state index in [0.717, 1.165) is 0 Å². The zero-order chi connectivity index (χ0) is 12.7. The van der Waals surface area contributed by atoms with Crippen molar-refractivity contribution in [1.82, 2.24) is 0 Å². The van der Waals surface area contributed by atoms with Gasteiger partial charge in [0.2, 0.25) is 0 Å². The van der Waals surface area contributed by atoms with E-state index in [2.05, 4.69) is 0 Å². The zero-order valence-electron chi connectivity index (χ0n) is 9.58. The first-order valence-electron chi connectivity index (χ1n) is 5.79. The molecular weight excluding hydrogens is 228 g/mol. The molecule has 2 aromatic carbocycles. The lowest BCUT2D eigenvalue weighted by Crippen LogP contribution is -2.10. The lowest BCUT2D eigenvalue weighted by molar-refractivity contribution is 0.0176. The van der Waals surface area contributed by atoms with Gasteiger partial charge in [0.05, 0.1) is 0 Å². The number of hydrogen-bond donors (Lipinski definition) is 2. The van der Waals surface area contributed by atoms with Crippen molar-refractivity contribution < 1.29 is 15.0 Å². The number of benzene rings is 2. The fraction of sp³-hybridized carbons (Fsp3) is 0.133. The van der Waals surface area contributed by atoms with E-state index >= 15 is 0 Å². The summed E-state index contributed by atoms with van der Waals surface area (Å²) in [6.07, 6.45) is -2.15. The van der Waals surface area contributed by atoms with Crippen LogP contribution in [0.2, 0.25) is 0 Å². The van der Waals surface area contributed by atoms with Gasteiger partial charge >= 0.3 is 0 Å². The van der Waals surface area contributed by atoms with Crippen LogP contribution >= 0.6 is 0 Å². The summed E-state index contributed by atoms with van der Waals surface area (Å²) in [5.74, 6) is -0.156. The van der Waals surface area contributed by atoms with Crippen molar-refractivity contribution in [3.63, 3.8) is 0 Å². The smallest absolute Gasteiger partial charge is 0.193 e. The molecule has 3 nitrogen and oxygen atoms in total. The average Bonchev–Trinajstić information content (AvgIpc) is 2.51. The van der Waals surface area contributed by atoms with Crippen LogP contribution in [0.3, 0.4) is 0 Å². The zero-order valence-corrected chi connectivity index (χ0v) is 9.58. The largest absolute Gasteiger partial charge is 0.385 e. The van der Waals surface area contributed by atoms with Gasteiger partial charge in [0.1, 0.15) is 12.2 Å². The maximum atomic E-state index is 12.4. The number of carbonyl (C=O) groups excluding carboxylic acids is 1. The molecule has 0 aromatic heterocycles. The number of fused-ring (bicyclic) bond motifs is 2. The van der Waals surface area contributed by atoms with Gasteiger partial charge < -0.3 is 10.2 Å². The van der Waals surface area contributed by atoms with Crippen LogP contribution in [0, 0.1) is 0 Å². The molecule has 3 heteroatoms. The fourth-order valence-electron chi connectivity index (χ4n) is 2.41. The summed E-state index contributed by atoms with van der Waals surface area (Å²) in [5.41, 5.74) is 1.86. The molecule has 0 saturated heterocycles. The molecule has 2 N–H and O–H groups in total. The van der Waals surface area contributed by atoms with Gasteiger partial charge in [-0.3, -0.25) is 4.79 Å². The third-order valence-electron chi connectivity index (χ3n) is 3.35. The molecule has 0 saturated carbocycles. The Labute approximate surface area is 104 Å². The first-order valence-corrected chi connectivity index (χ1v) is 5.79. The second-order valence-corrected chi connectivity index (χ2v) is 4.39. The Balaban J connectivity index is 2.31. The fourth-order valence-corrected chi connectivity index (χ4v) is 2.41. The summed E-state index contributed by atoms with van der Waals surface area (Å²) in [7, 11) is 0. The van der Waals surface area contributed by atoms with E-state index in [4.69, 9.17) is 0 Å². The van der Waals surface area contributed by atoms with E-state index in [1.54, 1.807) is 48.5 Å². The van der Waals surface area contributed by atoms with Crippen molar-refractivity contribution >= 4 is 5.78 Å². The molecule has 1 aliphatic rings. The molecule has 0 bridgehead atoms. The molecule has 90 valence electrons. The van der Waals surface area contributed by atoms with Crippen molar-refractivity contribution in [2.24, 2.45) is 0 Å². The summed E-state index contributed by atoms with van der Waals surface area (Å²) in [6.45, 7) is 0. The van der Waals surface area contributed by atoms with Gasteiger partial charge in [0.25, 0.3) is 0 Å². The third kappa shape index (κ3) is 1.49. The van der Waals surface area contributed by atoms with Gasteiger partial charge in [0.15, 0.2) is 5.78 Å². The van der Waals surface area contributed by atoms with Crippen LogP contribution in [0.15, 0.2) is 48.5 Å². The van der Waals surface area contributed by atoms with Gasteiger partial charge in [-0.15, -0.1) is 0 Å². The number of rotatable bonds is 0. The molecule has 3 rings (SSSR count). The summed E-state index contributed by atoms with van der Waals surface area (Å²) in [5, 5.41) is 20.3. The highest BCUT2D eigenvalue weighted by molar-refractivity contribution is 6.11. The molecule has 0 fully saturated rings. The number of hydrogen-bond acceptors (Lipinski definition) is 3. The highest BCUT2D eigenvalue weighted by Crippen LogP contribution is 2.37. The second kappa shape index (κ2) is 4.05. The molecule has 1 aliphatic carbocycles. The Kier molecular flexibility index (Phi) is 2.51. The van der Waals surface area contributed by atoms with Crippen LogP contribution in [-0.4, -0.2) is 16.0 Å². The Morgan fingerprint density at radius 3 is 1.56 bits per heavy atom. The van der Waals surface area contributed by atoms with Crippen molar-refractivity contribution in [2.75, 3.05) is 0 Å². The van der Waals surface area contributed by atoms with Crippen molar-refractivity contribution in [3.8, 4) is 0 Å². The Morgan fingerprint density at radius 2 is 1.11 bits per heavy atom. The van der Waals surface area contributed by atoms with E-state index in [9.17, 15) is 15.0 Å². The Bertz CT molecular complexity index is 565. The van der Waals surface area contributed by atoms with E-state index in [1.165, 1.54) is 0 Å². The first kappa shape index (κ1) is 11.1. The monoisotopic (exact) mass is 240 g/mol. The number of ketones is 1. The number of aliphatic hydroxyl groups is 2. The van der Waals surface area contributed by atoms with Gasteiger partial charge in [-0.2, -0.15) is 0 Å². The van der Waals surface area contributed by atoms with E-state index < -0.39 is 12.2 Å². The minimum absolute atomic E-state index is 0.156. The van der Waals surface area contributed by atoms with Crippen LogP contribution in [0.5, 0.6) is 0 Å². The maximum Gasteiger partial charge on any atom is 0.193 e. The summed E-state index contributed by atoms with van der Waals surface area (Å²) < 4.78 is 0. The molecule has 0 aliphatic heterocycles. The van der Waals surface area contributed by atoms with Crippen molar-refractivity contribution in [2.45, 2.75) is 12.2 Å². The lowest BCUT2D eigenvalue weighted by atomic mass is 9.99. The SMILES string of the molecule is O=C1c2ccccc2C(O)C(O)c2ccccc21. The van der Waals surface area contributed by atoms with E-state index in [-0.39, 0.29) is 5.78 Å². The number of carbonyl (C=O) groups is 1. The van der Waals surface area contributed by atoms with Gasteiger partial charge in [-0.1, -0.05) is 48.5 Å². The van der Waals surface area contributed by atoms with Crippen molar-refractivity contribution in [3.05, 3.63) is 70.8 Å². The molecule has 0 amide bonds. The highest BCUT2D eigenvalue weighted by atomic mass is 16.3. The molecule has 0 spiro atoms. The summed E-state index contributed by atoms with van der Waals surface area (Å²) in [6, 6.07) is 13.7. The minimum atomic E-state index is -1.08. The molecule has 2 unspecified atom stereocenters. The normalized spacial score (nSPS) is 22.0. The van der Waals surface area contributed by atoms with Gasteiger partial charge in [-0.05, 0) is 11.1 Å². The molecular formula is C15H12O3. The topological polar surface area (TPSA) is 57.5 Å². The van der Waals surface area contributed by atoms with Crippen molar-refractivity contribution in [1.29, 1.82) is 0 Å². The lowest BCUT2D eigenvalue weighted by Gasteiger charge is -2.17. The highest BCUT2D eigenvalue weighted by Gasteiger charge is 2.31. The third-order valence-corrected chi connectivity index (χ3v) is 3.35. The van der Waals surface area contributed by atoms with Crippen LogP contribution in [-0.2, 0) is 0 Å². The first-order chi connectivity index (χ1) is 8.70. The van der Waals surface area contributed by atoms with Crippen LogP contribution in [0.1, 0.15) is 39.3 Å². The standard InChI is InChI=1S/C15H12O3/c16-13-9-5-1-3-7-11(9)14(17)15(18)12-8-4-2-6-10(12)13/h1-8,14-15,17-18H. The second-order valence-electron chi connectivity index (χ2n) is 4.39. The Hall–Kier alpha value is -1.97. The minimum Gasteiger partial charge on any atom is -0.385 e. The molecule has 2 atom stereocenters. The summed E-state index contributed by atoms with van der Waals surface area (Å²) in [4.78, 5) is 12.4. The molecule has 18 heavy (non-hydrogen) atoms.